The Morgan fingerprint density at radius 3 is 2.34 bits per heavy atom. The molecule has 0 spiro atoms. The molecule has 0 saturated carbocycles. The highest BCUT2D eigenvalue weighted by Crippen LogP contribution is 2.45. The van der Waals surface area contributed by atoms with Crippen molar-refractivity contribution in [3.05, 3.63) is 71.7 Å². The van der Waals surface area contributed by atoms with Crippen molar-refractivity contribution < 1.29 is 27.8 Å². The number of fused-ring (bicyclic) bond motifs is 1. The predicted molar refractivity (Wildman–Crippen MR) is 102 cm³/mol. The third-order valence-electron chi connectivity index (χ3n) is 5.17. The summed E-state index contributed by atoms with van der Waals surface area (Å²) in [6.45, 7) is 2.95. The van der Waals surface area contributed by atoms with Gasteiger partial charge in [-0.25, -0.2) is 4.39 Å². The monoisotopic (exact) mass is 407 g/mol. The first-order chi connectivity index (χ1) is 13.4. The number of alkyl halides is 3. The minimum Gasteiger partial charge on any atom is -0.508 e. The molecular weight excluding hydrogens is 386 g/mol. The highest BCUT2D eigenvalue weighted by atomic mass is 19.4. The van der Waals surface area contributed by atoms with Crippen LogP contribution in [-0.4, -0.2) is 27.0 Å². The Morgan fingerprint density at radius 2 is 1.69 bits per heavy atom. The van der Waals surface area contributed by atoms with Crippen LogP contribution in [0.2, 0.25) is 0 Å². The van der Waals surface area contributed by atoms with Gasteiger partial charge < -0.3 is 10.2 Å². The SMILES string of the molecule is CC(C)(CC(O)(Cc1ccnc2ccccc12)C(F)(F)F)c1ccc(F)cc1O. The van der Waals surface area contributed by atoms with Gasteiger partial charge in [0.1, 0.15) is 11.6 Å². The van der Waals surface area contributed by atoms with E-state index in [0.29, 0.717) is 16.5 Å². The summed E-state index contributed by atoms with van der Waals surface area (Å²) in [5.41, 5.74) is -3.38. The molecule has 0 radical (unpaired) electrons. The third kappa shape index (κ3) is 4.19. The van der Waals surface area contributed by atoms with E-state index in [1.807, 2.05) is 0 Å². The van der Waals surface area contributed by atoms with Crippen LogP contribution in [0, 0.1) is 5.82 Å². The van der Waals surface area contributed by atoms with Crippen molar-refractivity contribution in [2.45, 2.75) is 43.9 Å². The molecule has 7 heteroatoms. The van der Waals surface area contributed by atoms with E-state index < -0.39 is 41.6 Å². The molecule has 2 N–H and O–H groups in total. The number of hydrogen-bond donors (Lipinski definition) is 2. The van der Waals surface area contributed by atoms with Crippen molar-refractivity contribution in [3.8, 4) is 5.75 Å². The van der Waals surface area contributed by atoms with E-state index in [1.165, 1.54) is 32.2 Å². The average Bonchev–Trinajstić information content (AvgIpc) is 2.60. The van der Waals surface area contributed by atoms with E-state index >= 15 is 0 Å². The van der Waals surface area contributed by atoms with Gasteiger partial charge in [-0.15, -0.1) is 0 Å². The van der Waals surface area contributed by atoms with Crippen molar-refractivity contribution in [1.29, 1.82) is 0 Å². The van der Waals surface area contributed by atoms with E-state index in [2.05, 4.69) is 4.98 Å². The molecule has 3 aromatic rings. The number of aromatic nitrogens is 1. The maximum absolute atomic E-state index is 14.0. The first-order valence-electron chi connectivity index (χ1n) is 9.04. The topological polar surface area (TPSA) is 53.4 Å². The second kappa shape index (κ2) is 7.30. The number of aliphatic hydroxyl groups is 1. The van der Waals surface area contributed by atoms with Gasteiger partial charge in [-0.05, 0) is 41.2 Å². The normalized spacial score (nSPS) is 14.7. The summed E-state index contributed by atoms with van der Waals surface area (Å²) in [6.07, 6.45) is -4.92. The molecule has 1 heterocycles. The van der Waals surface area contributed by atoms with Crippen LogP contribution in [0.4, 0.5) is 17.6 Å². The van der Waals surface area contributed by atoms with Gasteiger partial charge in [0, 0.05) is 24.1 Å². The number of benzene rings is 2. The third-order valence-corrected chi connectivity index (χ3v) is 5.17. The highest BCUT2D eigenvalue weighted by Gasteiger charge is 2.56. The summed E-state index contributed by atoms with van der Waals surface area (Å²) in [6, 6.07) is 11.4. The van der Waals surface area contributed by atoms with Gasteiger partial charge >= 0.3 is 6.18 Å². The zero-order chi connectivity index (χ0) is 21.4. The van der Waals surface area contributed by atoms with Crippen LogP contribution >= 0.6 is 0 Å². The largest absolute Gasteiger partial charge is 0.508 e. The molecule has 3 rings (SSSR count). The minimum absolute atomic E-state index is 0.126. The Hall–Kier alpha value is -2.67. The van der Waals surface area contributed by atoms with Crippen LogP contribution in [0.1, 0.15) is 31.4 Å². The summed E-state index contributed by atoms with van der Waals surface area (Å²) in [5, 5.41) is 21.4. The molecule has 0 fully saturated rings. The van der Waals surface area contributed by atoms with Gasteiger partial charge in [0.15, 0.2) is 5.60 Å². The second-order valence-electron chi connectivity index (χ2n) is 7.92. The predicted octanol–water partition coefficient (Wildman–Crippen LogP) is 5.28. The van der Waals surface area contributed by atoms with E-state index in [-0.39, 0.29) is 5.56 Å². The lowest BCUT2D eigenvalue weighted by molar-refractivity contribution is -0.266. The number of nitrogens with zero attached hydrogens (tertiary/aromatic N) is 1. The van der Waals surface area contributed by atoms with E-state index in [4.69, 9.17) is 0 Å². The maximum atomic E-state index is 14.0. The van der Waals surface area contributed by atoms with Crippen LogP contribution in [0.25, 0.3) is 10.9 Å². The molecule has 1 aromatic heterocycles. The first-order valence-corrected chi connectivity index (χ1v) is 9.04. The minimum atomic E-state index is -4.93. The number of halogens is 4. The molecule has 0 aliphatic carbocycles. The van der Waals surface area contributed by atoms with Crippen molar-refractivity contribution in [2.75, 3.05) is 0 Å². The number of hydrogen-bond acceptors (Lipinski definition) is 3. The molecule has 29 heavy (non-hydrogen) atoms. The Morgan fingerprint density at radius 1 is 1.00 bits per heavy atom. The van der Waals surface area contributed by atoms with Crippen LogP contribution < -0.4 is 0 Å². The molecule has 0 aliphatic heterocycles. The van der Waals surface area contributed by atoms with E-state index in [0.717, 1.165) is 12.1 Å². The maximum Gasteiger partial charge on any atom is 0.417 e. The number of phenols is 1. The summed E-state index contributed by atoms with van der Waals surface area (Å²) in [4.78, 5) is 4.14. The molecule has 1 unspecified atom stereocenters. The summed E-state index contributed by atoms with van der Waals surface area (Å²) >= 11 is 0. The van der Waals surface area contributed by atoms with Gasteiger partial charge in [0.25, 0.3) is 0 Å². The van der Waals surface area contributed by atoms with Gasteiger partial charge in [-0.1, -0.05) is 38.1 Å². The number of para-hydroxylation sites is 1. The summed E-state index contributed by atoms with van der Waals surface area (Å²) < 4.78 is 55.3. The lowest BCUT2D eigenvalue weighted by atomic mass is 9.72. The smallest absolute Gasteiger partial charge is 0.417 e. The number of phenolic OH excluding ortho intramolecular Hbond substituents is 1. The standard InChI is InChI=1S/C22H21F4NO2/c1-20(2,17-8-7-15(23)11-19(17)28)13-21(29,22(24,25)26)12-14-9-10-27-18-6-4-3-5-16(14)18/h3-11,28-29H,12-13H2,1-2H3. The van der Waals surface area contributed by atoms with Crippen LogP contribution in [-0.2, 0) is 11.8 Å². The second-order valence-corrected chi connectivity index (χ2v) is 7.92. The lowest BCUT2D eigenvalue weighted by Gasteiger charge is -2.38. The lowest BCUT2D eigenvalue weighted by Crippen LogP contribution is -2.50. The van der Waals surface area contributed by atoms with Gasteiger partial charge in [0.05, 0.1) is 5.52 Å². The fourth-order valence-electron chi connectivity index (χ4n) is 3.79. The molecule has 0 amide bonds. The van der Waals surface area contributed by atoms with E-state index in [9.17, 15) is 27.8 Å². The van der Waals surface area contributed by atoms with Crippen molar-refractivity contribution >= 4 is 10.9 Å². The Kier molecular flexibility index (Phi) is 5.30. The summed E-state index contributed by atoms with van der Waals surface area (Å²) in [5.74, 6) is -1.15. The number of rotatable bonds is 5. The summed E-state index contributed by atoms with van der Waals surface area (Å²) in [7, 11) is 0. The fourth-order valence-corrected chi connectivity index (χ4v) is 3.79. The molecule has 154 valence electrons. The zero-order valence-electron chi connectivity index (χ0n) is 16.0. The molecule has 2 aromatic carbocycles. The molecule has 3 nitrogen and oxygen atoms in total. The van der Waals surface area contributed by atoms with Crippen LogP contribution in [0.15, 0.2) is 54.7 Å². The molecule has 1 atom stereocenters. The Bertz CT molecular complexity index is 1030. The van der Waals surface area contributed by atoms with Crippen molar-refractivity contribution in [3.63, 3.8) is 0 Å². The fraction of sp³-hybridized carbons (Fsp3) is 0.318. The van der Waals surface area contributed by atoms with E-state index in [1.54, 1.807) is 24.3 Å². The van der Waals surface area contributed by atoms with Gasteiger partial charge in [0.2, 0.25) is 0 Å². The van der Waals surface area contributed by atoms with Gasteiger partial charge in [-0.2, -0.15) is 13.2 Å². The Balaban J connectivity index is 2.03. The molecule has 0 aliphatic rings. The first kappa shape index (κ1) is 21.0. The van der Waals surface area contributed by atoms with Crippen LogP contribution in [0.3, 0.4) is 0 Å². The molecule has 0 bridgehead atoms. The van der Waals surface area contributed by atoms with Crippen LogP contribution in [0.5, 0.6) is 5.75 Å². The van der Waals surface area contributed by atoms with Crippen molar-refractivity contribution in [1.82, 2.24) is 4.98 Å². The van der Waals surface area contributed by atoms with Gasteiger partial charge in [-0.3, -0.25) is 4.98 Å². The Labute approximate surface area is 165 Å². The zero-order valence-corrected chi connectivity index (χ0v) is 16.0. The number of pyridine rings is 1. The average molecular weight is 407 g/mol. The number of aromatic hydroxyl groups is 1. The van der Waals surface area contributed by atoms with Crippen molar-refractivity contribution in [2.24, 2.45) is 0 Å². The quantitative estimate of drug-likeness (QED) is 0.566. The molecule has 0 saturated heterocycles. The molecular formula is C22H21F4NO2. The highest BCUT2D eigenvalue weighted by molar-refractivity contribution is 5.81.